The summed E-state index contributed by atoms with van der Waals surface area (Å²) in [6, 6.07) is 0. The first-order valence-corrected chi connectivity index (χ1v) is 2.76. The maximum atomic E-state index is 10.4. The molecule has 0 unspecified atom stereocenters. The van der Waals surface area contributed by atoms with Crippen molar-refractivity contribution < 1.29 is 5.11 Å². The summed E-state index contributed by atoms with van der Waals surface area (Å²) >= 11 is 0. The quantitative estimate of drug-likeness (QED) is 0.439. The lowest BCUT2D eigenvalue weighted by Crippen LogP contribution is -2.34. The summed E-state index contributed by atoms with van der Waals surface area (Å²) in [5.74, 6) is 0. The summed E-state index contributed by atoms with van der Waals surface area (Å²) in [6.07, 6.45) is 1.52. The fraction of sp³-hybridized carbons (Fsp3) is 1.00. The first-order chi connectivity index (χ1) is 3.10. The van der Waals surface area contributed by atoms with Gasteiger partial charge in [-0.25, -0.2) is 5.11 Å². The fourth-order valence-corrected chi connectivity index (χ4v) is 1.17. The minimum Gasteiger partial charge on any atom is -0.233 e. The van der Waals surface area contributed by atoms with Crippen molar-refractivity contribution in [2.45, 2.75) is 32.8 Å². The highest BCUT2D eigenvalue weighted by Crippen LogP contribution is 2.39. The van der Waals surface area contributed by atoms with Gasteiger partial charge in [0.2, 0.25) is 0 Å². The van der Waals surface area contributed by atoms with E-state index in [0.717, 1.165) is 12.8 Å². The molecule has 1 nitrogen and oxygen atoms in total. The van der Waals surface area contributed by atoms with Crippen LogP contribution in [0.15, 0.2) is 0 Å². The molecule has 0 aliphatic heterocycles. The van der Waals surface area contributed by atoms with Crippen LogP contribution in [0, 0.1) is 5.41 Å². The van der Waals surface area contributed by atoms with E-state index in [9.17, 15) is 5.11 Å². The van der Waals surface area contributed by atoms with Gasteiger partial charge < -0.3 is 0 Å². The topological polar surface area (TPSA) is 19.9 Å². The van der Waals surface area contributed by atoms with E-state index < -0.39 is 0 Å². The average molecular weight is 99.2 g/mol. The van der Waals surface area contributed by atoms with Gasteiger partial charge in [-0.2, -0.15) is 0 Å². The van der Waals surface area contributed by atoms with E-state index in [2.05, 4.69) is 13.8 Å². The van der Waals surface area contributed by atoms with Crippen molar-refractivity contribution in [3.8, 4) is 0 Å². The number of hydrogen-bond donors (Lipinski definition) is 0. The molecule has 0 heterocycles. The van der Waals surface area contributed by atoms with E-state index in [1.54, 1.807) is 0 Å². The van der Waals surface area contributed by atoms with Gasteiger partial charge in [-0.1, -0.05) is 13.8 Å². The van der Waals surface area contributed by atoms with Gasteiger partial charge in [-0.3, -0.25) is 0 Å². The molecule has 0 saturated heterocycles. The van der Waals surface area contributed by atoms with Crippen LogP contribution in [0.2, 0.25) is 0 Å². The lowest BCUT2D eigenvalue weighted by molar-refractivity contribution is -0.0548. The van der Waals surface area contributed by atoms with Crippen LogP contribution in [-0.4, -0.2) is 6.10 Å². The lowest BCUT2D eigenvalue weighted by Gasteiger charge is -2.37. The summed E-state index contributed by atoms with van der Waals surface area (Å²) in [4.78, 5) is 0. The lowest BCUT2D eigenvalue weighted by atomic mass is 9.70. The van der Waals surface area contributed by atoms with Gasteiger partial charge in [0, 0.05) is 0 Å². The van der Waals surface area contributed by atoms with Crippen molar-refractivity contribution in [1.82, 2.24) is 0 Å². The van der Waals surface area contributed by atoms with Gasteiger partial charge in [0.05, 0.1) is 6.10 Å². The van der Waals surface area contributed by atoms with Gasteiger partial charge in [0.1, 0.15) is 0 Å². The zero-order valence-corrected chi connectivity index (χ0v) is 4.90. The minimum atomic E-state index is -0.241. The Morgan fingerprint density at radius 1 is 1.43 bits per heavy atom. The third kappa shape index (κ3) is 0.942. The van der Waals surface area contributed by atoms with E-state index in [4.69, 9.17) is 0 Å². The standard InChI is InChI=1S/C6H11O/c1-6(2)3-5(7)4-6/h5H,3-4H2,1-2H3. The first-order valence-electron chi connectivity index (χ1n) is 2.76. The van der Waals surface area contributed by atoms with Crippen LogP contribution >= 0.6 is 0 Å². The third-order valence-corrected chi connectivity index (χ3v) is 1.56. The largest absolute Gasteiger partial charge is 0.233 e. The number of hydrogen-bond acceptors (Lipinski definition) is 0. The molecular weight excluding hydrogens is 88.1 g/mol. The molecule has 0 N–H and O–H groups in total. The minimum absolute atomic E-state index is 0.241. The molecule has 0 bridgehead atoms. The van der Waals surface area contributed by atoms with Gasteiger partial charge >= 0.3 is 0 Å². The summed E-state index contributed by atoms with van der Waals surface area (Å²) in [6.45, 7) is 4.28. The second-order valence-electron chi connectivity index (χ2n) is 3.19. The molecule has 7 heavy (non-hydrogen) atoms. The fourth-order valence-electron chi connectivity index (χ4n) is 1.17. The van der Waals surface area contributed by atoms with Crippen LogP contribution in [0.1, 0.15) is 26.7 Å². The van der Waals surface area contributed by atoms with E-state index in [-0.39, 0.29) is 6.10 Å². The predicted molar refractivity (Wildman–Crippen MR) is 27.5 cm³/mol. The Morgan fingerprint density at radius 2 is 1.86 bits per heavy atom. The van der Waals surface area contributed by atoms with Gasteiger partial charge in [0.15, 0.2) is 0 Å². The Hall–Kier alpha value is -0.0400. The van der Waals surface area contributed by atoms with Crippen molar-refractivity contribution in [3.05, 3.63) is 0 Å². The van der Waals surface area contributed by atoms with Crippen LogP contribution in [-0.2, 0) is 5.11 Å². The molecule has 1 fully saturated rings. The van der Waals surface area contributed by atoms with E-state index in [1.807, 2.05) is 0 Å². The molecule has 0 aromatic heterocycles. The Morgan fingerprint density at radius 3 is 1.86 bits per heavy atom. The highest BCUT2D eigenvalue weighted by atomic mass is 16.3. The van der Waals surface area contributed by atoms with Crippen molar-refractivity contribution in [1.29, 1.82) is 0 Å². The monoisotopic (exact) mass is 99.1 g/mol. The molecule has 0 atom stereocenters. The van der Waals surface area contributed by atoms with Crippen molar-refractivity contribution in [2.75, 3.05) is 0 Å². The van der Waals surface area contributed by atoms with Gasteiger partial charge in [-0.15, -0.1) is 0 Å². The normalized spacial score (nSPS) is 29.6. The van der Waals surface area contributed by atoms with E-state index >= 15 is 0 Å². The van der Waals surface area contributed by atoms with Crippen molar-refractivity contribution in [3.63, 3.8) is 0 Å². The molecule has 1 heteroatoms. The second kappa shape index (κ2) is 1.22. The molecule has 41 valence electrons. The zero-order valence-electron chi connectivity index (χ0n) is 4.90. The van der Waals surface area contributed by atoms with Crippen LogP contribution in [0.5, 0.6) is 0 Å². The molecule has 0 spiro atoms. The molecule has 1 aliphatic carbocycles. The Labute approximate surface area is 44.4 Å². The molecule has 1 saturated carbocycles. The third-order valence-electron chi connectivity index (χ3n) is 1.56. The highest BCUT2D eigenvalue weighted by Gasteiger charge is 2.35. The molecule has 0 aromatic rings. The molecular formula is C6H11O. The van der Waals surface area contributed by atoms with E-state index in [0.29, 0.717) is 5.41 Å². The highest BCUT2D eigenvalue weighted by molar-refractivity contribution is 4.85. The SMILES string of the molecule is CC1(C)CC([O])C1. The van der Waals surface area contributed by atoms with Crippen LogP contribution in [0.4, 0.5) is 0 Å². The maximum absolute atomic E-state index is 10.4. The summed E-state index contributed by atoms with van der Waals surface area (Å²) in [7, 11) is 0. The van der Waals surface area contributed by atoms with Gasteiger partial charge in [0.25, 0.3) is 0 Å². The zero-order chi connectivity index (χ0) is 5.49. The molecule has 1 rings (SSSR count). The first kappa shape index (κ1) is 5.10. The van der Waals surface area contributed by atoms with Crippen LogP contribution in [0.25, 0.3) is 0 Å². The number of rotatable bonds is 0. The Balaban J connectivity index is 2.29. The molecule has 1 radical (unpaired) electrons. The molecule has 0 aromatic carbocycles. The van der Waals surface area contributed by atoms with Crippen LogP contribution in [0.3, 0.4) is 0 Å². The summed E-state index contributed by atoms with van der Waals surface area (Å²) < 4.78 is 0. The molecule has 1 aliphatic rings. The predicted octanol–water partition coefficient (Wildman–Crippen LogP) is 1.61. The smallest absolute Gasteiger partial charge is 0.0940 e. The van der Waals surface area contributed by atoms with Crippen LogP contribution < -0.4 is 0 Å². The van der Waals surface area contributed by atoms with Crippen molar-refractivity contribution in [2.24, 2.45) is 5.41 Å². The molecule has 0 amide bonds. The summed E-state index contributed by atoms with van der Waals surface area (Å²) in [5, 5.41) is 10.4. The van der Waals surface area contributed by atoms with Crippen molar-refractivity contribution >= 4 is 0 Å². The Kier molecular flexibility index (Phi) is 0.890. The Bertz CT molecular complexity index is 68.2. The maximum Gasteiger partial charge on any atom is 0.0940 e. The second-order valence-corrected chi connectivity index (χ2v) is 3.19. The summed E-state index contributed by atoms with van der Waals surface area (Å²) in [5.41, 5.74) is 0.381. The average Bonchev–Trinajstić information content (AvgIpc) is 1.27. The van der Waals surface area contributed by atoms with E-state index in [1.165, 1.54) is 0 Å². The van der Waals surface area contributed by atoms with Gasteiger partial charge in [-0.05, 0) is 18.3 Å².